The predicted molar refractivity (Wildman–Crippen MR) is 221 cm³/mol. The van der Waals surface area contributed by atoms with Crippen LogP contribution in [0.4, 0.5) is 22.7 Å². The van der Waals surface area contributed by atoms with Crippen molar-refractivity contribution < 1.29 is 14.3 Å². The zero-order valence-corrected chi connectivity index (χ0v) is 32.1. The molecule has 2 aromatic heterocycles. The second-order valence-corrected chi connectivity index (χ2v) is 12.6. The van der Waals surface area contributed by atoms with Gasteiger partial charge in [0.25, 0.3) is 0 Å². The van der Waals surface area contributed by atoms with Gasteiger partial charge >= 0.3 is 0 Å². The molecule has 282 valence electrons. The lowest BCUT2D eigenvalue weighted by molar-refractivity contribution is 0.112. The summed E-state index contributed by atoms with van der Waals surface area (Å²) in [4.78, 5) is 26.3. The Kier molecular flexibility index (Phi) is 15.4. The van der Waals surface area contributed by atoms with E-state index in [-0.39, 0.29) is 0 Å². The first kappa shape index (κ1) is 41.8. The summed E-state index contributed by atoms with van der Waals surface area (Å²) in [7, 11) is 0. The molecule has 0 spiro atoms. The van der Waals surface area contributed by atoms with Crippen LogP contribution in [0.3, 0.4) is 0 Å². The largest absolute Gasteiger partial charge is 0.487 e. The topological polar surface area (TPSA) is 156 Å². The average Bonchev–Trinajstić information content (AvgIpc) is 3.24. The molecule has 0 aliphatic rings. The Morgan fingerprint density at radius 3 is 1.60 bits per heavy atom. The van der Waals surface area contributed by atoms with E-state index in [0.717, 1.165) is 56.9 Å². The van der Waals surface area contributed by atoms with Gasteiger partial charge in [0.2, 0.25) is 0 Å². The molecule has 57 heavy (non-hydrogen) atoms. The highest BCUT2D eigenvalue weighted by atomic mass is 16.5. The molecule has 0 unspecified atom stereocenters. The van der Waals surface area contributed by atoms with Gasteiger partial charge < -0.3 is 20.5 Å². The van der Waals surface area contributed by atoms with Crippen molar-refractivity contribution >= 4 is 29.0 Å². The van der Waals surface area contributed by atoms with Crippen LogP contribution in [0.25, 0.3) is 9.69 Å². The summed E-state index contributed by atoms with van der Waals surface area (Å²) in [6.07, 6.45) is 4.19. The average molecular weight is 753 g/mol. The van der Waals surface area contributed by atoms with Crippen molar-refractivity contribution in [1.82, 2.24) is 9.97 Å². The fraction of sp³-hybridized carbons (Fsp3) is 0.152. The third-order valence-electron chi connectivity index (χ3n) is 8.63. The normalized spacial score (nSPS) is 9.68. The molecular formula is C46H40N8O3. The number of carbonyl (C=O) groups is 1. The van der Waals surface area contributed by atoms with Crippen molar-refractivity contribution in [2.24, 2.45) is 0 Å². The maximum absolute atomic E-state index is 10.9. The van der Waals surface area contributed by atoms with E-state index in [0.29, 0.717) is 59.3 Å². The molecule has 11 nitrogen and oxygen atoms in total. The molecule has 3 N–H and O–H groups in total. The number of nitrogens with one attached hydrogen (secondary N) is 1. The fourth-order valence-corrected chi connectivity index (χ4v) is 5.26. The molecule has 0 amide bonds. The highest BCUT2D eigenvalue weighted by Gasteiger charge is 2.12. The van der Waals surface area contributed by atoms with Gasteiger partial charge in [-0.1, -0.05) is 48.5 Å². The molecule has 11 heteroatoms. The first-order chi connectivity index (χ1) is 27.6. The van der Waals surface area contributed by atoms with Crippen LogP contribution >= 0.6 is 0 Å². The molecule has 0 saturated heterocycles. The number of anilines is 2. The van der Waals surface area contributed by atoms with Gasteiger partial charge in [0.1, 0.15) is 24.7 Å². The Bertz CT molecular complexity index is 2450. The van der Waals surface area contributed by atoms with Crippen LogP contribution in [-0.4, -0.2) is 16.3 Å². The van der Waals surface area contributed by atoms with Crippen LogP contribution in [0.2, 0.25) is 0 Å². The number of nitriles is 2. The van der Waals surface area contributed by atoms with Gasteiger partial charge in [-0.15, -0.1) is 0 Å². The third kappa shape index (κ3) is 12.3. The second kappa shape index (κ2) is 21.0. The summed E-state index contributed by atoms with van der Waals surface area (Å²) in [5.74, 6) is 1.43. The number of nitrogens with two attached hydrogens (primary N) is 1. The lowest BCUT2D eigenvalue weighted by Gasteiger charge is -2.16. The Hall–Kier alpha value is -7.99. The van der Waals surface area contributed by atoms with Crippen molar-refractivity contribution in [3.63, 3.8) is 0 Å². The van der Waals surface area contributed by atoms with Crippen molar-refractivity contribution in [2.45, 2.75) is 47.5 Å². The van der Waals surface area contributed by atoms with Crippen LogP contribution in [0.5, 0.6) is 11.5 Å². The number of ether oxygens (including phenoxy) is 2. The van der Waals surface area contributed by atoms with E-state index in [1.807, 2.05) is 76.4 Å². The van der Waals surface area contributed by atoms with Gasteiger partial charge in [0, 0.05) is 41.4 Å². The lowest BCUT2D eigenvalue weighted by atomic mass is 10.1. The maximum Gasteiger partial charge on any atom is 0.187 e. The van der Waals surface area contributed by atoms with Gasteiger partial charge in [-0.3, -0.25) is 14.8 Å². The number of benzene rings is 4. The first-order valence-corrected chi connectivity index (χ1v) is 17.6. The number of aryl methyl sites for hydroxylation is 2. The number of aromatic nitrogens is 2. The van der Waals surface area contributed by atoms with Crippen LogP contribution in [0, 0.1) is 63.5 Å². The molecule has 0 bridgehead atoms. The van der Waals surface area contributed by atoms with E-state index >= 15 is 0 Å². The minimum absolute atomic E-state index is 0.379. The quantitative estimate of drug-likeness (QED) is 0.0790. The maximum atomic E-state index is 10.9. The first-order valence-electron chi connectivity index (χ1n) is 17.6. The monoisotopic (exact) mass is 752 g/mol. The second-order valence-electron chi connectivity index (χ2n) is 12.6. The highest BCUT2D eigenvalue weighted by molar-refractivity contribution is 5.78. The third-order valence-corrected chi connectivity index (χ3v) is 8.63. The summed E-state index contributed by atoms with van der Waals surface area (Å²) < 4.78 is 11.8. The zero-order valence-electron chi connectivity index (χ0n) is 32.1. The molecule has 0 radical (unpaired) electrons. The highest BCUT2D eigenvalue weighted by Crippen LogP contribution is 2.27. The molecule has 0 atom stereocenters. The zero-order chi connectivity index (χ0) is 41.2. The van der Waals surface area contributed by atoms with Gasteiger partial charge in [-0.05, 0) is 98.5 Å². The van der Waals surface area contributed by atoms with Crippen molar-refractivity contribution in [1.29, 1.82) is 10.5 Å². The Balaban J connectivity index is 0.000000215. The van der Waals surface area contributed by atoms with Gasteiger partial charge in [-0.2, -0.15) is 10.5 Å². The molecule has 0 fully saturated rings. The molecule has 6 rings (SSSR count). The predicted octanol–water partition coefficient (Wildman–Crippen LogP) is 10.1. The molecule has 0 saturated carbocycles. The summed E-state index contributed by atoms with van der Waals surface area (Å²) >= 11 is 0. The van der Waals surface area contributed by atoms with Crippen molar-refractivity contribution in [2.75, 3.05) is 11.1 Å². The van der Waals surface area contributed by atoms with Crippen LogP contribution in [0.15, 0.2) is 109 Å². The van der Waals surface area contributed by atoms with E-state index in [1.165, 1.54) is 0 Å². The minimum Gasteiger partial charge on any atom is -0.487 e. The summed E-state index contributed by atoms with van der Waals surface area (Å²) in [6, 6.07) is 32.9. The van der Waals surface area contributed by atoms with Gasteiger partial charge in [-0.25, -0.2) is 9.69 Å². The number of aldehydes is 1. The van der Waals surface area contributed by atoms with Crippen LogP contribution in [-0.2, 0) is 19.8 Å². The number of hydrogen-bond donors (Lipinski definition) is 2. The van der Waals surface area contributed by atoms with Gasteiger partial charge in [0.15, 0.2) is 17.7 Å². The van der Waals surface area contributed by atoms with Crippen LogP contribution < -0.4 is 20.5 Å². The lowest BCUT2D eigenvalue weighted by Crippen LogP contribution is -2.06. The van der Waals surface area contributed by atoms with E-state index in [2.05, 4.69) is 31.0 Å². The molecule has 6 aromatic rings. The van der Waals surface area contributed by atoms with Gasteiger partial charge in [0.05, 0.1) is 47.8 Å². The number of carbonyl (C=O) groups excluding carboxylic acids is 1. The Morgan fingerprint density at radius 2 is 1.14 bits per heavy atom. The van der Waals surface area contributed by atoms with E-state index in [1.54, 1.807) is 66.9 Å². The Labute approximate surface area is 333 Å². The van der Waals surface area contributed by atoms with Crippen molar-refractivity contribution in [3.8, 4) is 23.6 Å². The smallest absolute Gasteiger partial charge is 0.187 e. The number of pyridine rings is 2. The number of nitrogens with zero attached hydrogens (tertiary/aromatic N) is 6. The molecule has 0 aliphatic heterocycles. The minimum atomic E-state index is 0.379. The summed E-state index contributed by atoms with van der Waals surface area (Å²) in [5, 5.41) is 20.6. The van der Waals surface area contributed by atoms with Crippen molar-refractivity contribution in [3.05, 3.63) is 188 Å². The molecule has 0 aliphatic carbocycles. The molecular weight excluding hydrogens is 713 g/mol. The summed E-state index contributed by atoms with van der Waals surface area (Å²) in [6.45, 7) is 23.0. The number of rotatable bonds is 10. The number of hydrogen-bond acceptors (Lipinski definition) is 9. The van der Waals surface area contributed by atoms with E-state index < -0.39 is 0 Å². The number of nitrogen functional groups attached to an aromatic ring is 1. The fourth-order valence-electron chi connectivity index (χ4n) is 5.26. The summed E-state index contributed by atoms with van der Waals surface area (Å²) in [5.41, 5.74) is 16.5. The molecule has 2 heterocycles. The van der Waals surface area contributed by atoms with E-state index in [9.17, 15) is 4.79 Å². The Morgan fingerprint density at radius 1 is 0.684 bits per heavy atom. The SMILES string of the molecule is N#Cc1ccc(N)cc1.[C-]#[N+]c1ccc(COc2c(C)ncc(C=O)c2C)cc1.[C-]#[N+]c1ccc(COc2c(C)ncc(CNc3ccc(C#N)cc3)c2C)cc1. The standard InChI is InChI=1S/C23H20N4O.C16H14N2O2.C7H6N2/c1-16-20(14-27-22-10-4-18(12-24)5-11-22)13-26-17(2)23(16)28-15-19-6-8-21(25-3)9-7-19;1-11-14(9-19)8-18-12(2)16(11)20-10-13-4-6-15(17-3)7-5-13;8-5-6-1-3-7(9)4-2-6/h4-11,13,27H,14-15H2,1-2H3;4-9H,10H2,1-2H3;1-4H,9H2. The molecule has 4 aromatic carbocycles. The van der Waals surface area contributed by atoms with Crippen LogP contribution in [0.1, 0.15) is 60.7 Å². The van der Waals surface area contributed by atoms with E-state index in [4.69, 9.17) is 38.9 Å².